The largest absolute Gasteiger partial charge is 0.355 e. The molecule has 5 aromatic rings. The van der Waals surface area contributed by atoms with Crippen LogP contribution in [0.25, 0.3) is 68.6 Å². The summed E-state index contributed by atoms with van der Waals surface area (Å²) in [6.45, 7) is 2.25. The lowest BCUT2D eigenvalue weighted by Crippen LogP contribution is -1.96. The lowest BCUT2D eigenvalue weighted by atomic mass is 10.0. The third-order valence-electron chi connectivity index (χ3n) is 8.69. The van der Waals surface area contributed by atoms with Gasteiger partial charge in [-0.1, -0.05) is 96.6 Å². The average molecular weight is 701 g/mol. The maximum atomic E-state index is 5.33. The number of nitrogens with zero attached hydrogens (tertiary/aromatic N) is 2. The number of aromatic nitrogens is 4. The van der Waals surface area contributed by atoms with Gasteiger partial charge in [-0.3, -0.25) is 0 Å². The maximum Gasteiger partial charge on any atom is 0.0737 e. The molecule has 2 aliphatic rings. The summed E-state index contributed by atoms with van der Waals surface area (Å²) in [5.41, 5.74) is 15.4. The van der Waals surface area contributed by atoms with Crippen LogP contribution in [0.3, 0.4) is 0 Å². The minimum Gasteiger partial charge on any atom is -0.355 e. The van der Waals surface area contributed by atoms with Crippen molar-refractivity contribution in [2.24, 2.45) is 0 Å². The first kappa shape index (κ1) is 29.5. The second kappa shape index (κ2) is 13.4. The van der Waals surface area contributed by atoms with E-state index in [4.69, 9.17) is 9.97 Å². The number of unbranched alkanes of at least 4 members (excludes halogenated alkanes) is 2. The predicted molar refractivity (Wildman–Crippen MR) is 200 cm³/mol. The summed E-state index contributed by atoms with van der Waals surface area (Å²) in [7, 11) is 0. The Morgan fingerprint density at radius 1 is 0.511 bits per heavy atom. The average Bonchev–Trinajstić information content (AvgIpc) is 3.90. The van der Waals surface area contributed by atoms with E-state index in [2.05, 4.69) is 149 Å². The van der Waals surface area contributed by atoms with Gasteiger partial charge < -0.3 is 9.97 Å². The van der Waals surface area contributed by atoms with E-state index in [1.807, 2.05) is 0 Å². The zero-order valence-electron chi connectivity index (χ0n) is 25.6. The number of H-pyrrole nitrogens is 2. The Morgan fingerprint density at radius 2 is 0.978 bits per heavy atom. The standard InChI is InChI=1S/C40H37IN4/c1-2-3-16-29-31-18-22-35(42-31)39(27-12-6-4-7-13-27)37-24-20-33(44-37)30(17-10-11-26-41)34-21-25-38(45-34)40(28-14-8-5-9-15-28)36-23-19-32(29)43-36/h4-9,12-15,18-25,42-43H,2-3,10-11,16-17,26H2,1H3. The molecule has 0 saturated heterocycles. The molecule has 0 unspecified atom stereocenters. The third kappa shape index (κ3) is 6.06. The smallest absolute Gasteiger partial charge is 0.0737 e. The molecule has 2 N–H and O–H groups in total. The van der Waals surface area contributed by atoms with Crippen LogP contribution in [-0.2, 0) is 12.8 Å². The van der Waals surface area contributed by atoms with E-state index in [1.54, 1.807) is 0 Å². The Balaban J connectivity index is 1.62. The molecule has 8 bridgehead atoms. The highest BCUT2D eigenvalue weighted by atomic mass is 127. The molecule has 3 aromatic heterocycles. The Morgan fingerprint density at radius 3 is 1.47 bits per heavy atom. The van der Waals surface area contributed by atoms with E-state index >= 15 is 0 Å². The van der Waals surface area contributed by atoms with Gasteiger partial charge in [-0.15, -0.1) is 0 Å². The molecule has 45 heavy (non-hydrogen) atoms. The van der Waals surface area contributed by atoms with Gasteiger partial charge in [0, 0.05) is 38.8 Å². The van der Waals surface area contributed by atoms with Crippen LogP contribution in [0, 0.1) is 0 Å². The fourth-order valence-corrected chi connectivity index (χ4v) is 6.96. The van der Waals surface area contributed by atoms with Crippen LogP contribution in [0.2, 0.25) is 0 Å². The summed E-state index contributed by atoms with van der Waals surface area (Å²) in [5, 5.41) is 0. The van der Waals surface area contributed by atoms with Crippen molar-refractivity contribution in [2.45, 2.75) is 45.4 Å². The Hall–Kier alpha value is -4.23. The molecule has 0 atom stereocenters. The molecule has 224 valence electrons. The van der Waals surface area contributed by atoms with Gasteiger partial charge in [-0.2, -0.15) is 0 Å². The van der Waals surface area contributed by atoms with Crippen LogP contribution in [0.15, 0.2) is 84.9 Å². The van der Waals surface area contributed by atoms with E-state index in [1.165, 1.54) is 17.5 Å². The number of hydrogen-bond donors (Lipinski definition) is 2. The summed E-state index contributed by atoms with van der Waals surface area (Å²) in [6.07, 6.45) is 15.2. The molecule has 7 rings (SSSR count). The molecule has 2 aromatic carbocycles. The van der Waals surface area contributed by atoms with E-state index in [-0.39, 0.29) is 0 Å². The van der Waals surface area contributed by atoms with Gasteiger partial charge in [-0.25, -0.2) is 9.97 Å². The number of rotatable bonds is 9. The molecular formula is C40H37IN4. The van der Waals surface area contributed by atoms with E-state index in [9.17, 15) is 0 Å². The van der Waals surface area contributed by atoms with Crippen molar-refractivity contribution in [2.75, 3.05) is 4.43 Å². The number of alkyl halides is 1. The number of nitrogens with one attached hydrogen (secondary N) is 2. The van der Waals surface area contributed by atoms with Gasteiger partial charge in [0.25, 0.3) is 0 Å². The van der Waals surface area contributed by atoms with Gasteiger partial charge in [-0.05, 0) is 102 Å². The first-order chi connectivity index (χ1) is 22.2. The Kier molecular flexibility index (Phi) is 8.78. The molecule has 0 saturated carbocycles. The molecular weight excluding hydrogens is 663 g/mol. The van der Waals surface area contributed by atoms with Crippen molar-refractivity contribution in [1.29, 1.82) is 0 Å². The number of benzene rings is 2. The van der Waals surface area contributed by atoms with Crippen LogP contribution in [-0.4, -0.2) is 24.4 Å². The first-order valence-corrected chi connectivity index (χ1v) is 17.6. The topological polar surface area (TPSA) is 57.4 Å². The molecule has 0 amide bonds. The summed E-state index contributed by atoms with van der Waals surface area (Å²) in [6, 6.07) is 30.2. The number of hydrogen-bond acceptors (Lipinski definition) is 2. The lowest BCUT2D eigenvalue weighted by Gasteiger charge is -2.06. The van der Waals surface area contributed by atoms with Crippen LogP contribution >= 0.6 is 22.6 Å². The highest BCUT2D eigenvalue weighted by Crippen LogP contribution is 2.34. The van der Waals surface area contributed by atoms with Crippen LogP contribution < -0.4 is 0 Å². The highest BCUT2D eigenvalue weighted by molar-refractivity contribution is 14.1. The Labute approximate surface area is 278 Å². The molecule has 0 fully saturated rings. The van der Waals surface area contributed by atoms with Crippen molar-refractivity contribution < 1.29 is 0 Å². The maximum absolute atomic E-state index is 5.33. The summed E-state index contributed by atoms with van der Waals surface area (Å²) < 4.78 is 1.14. The van der Waals surface area contributed by atoms with Gasteiger partial charge in [0.1, 0.15) is 0 Å². The number of halogens is 1. The monoisotopic (exact) mass is 700 g/mol. The normalized spacial score (nSPS) is 12.2. The summed E-state index contributed by atoms with van der Waals surface area (Å²) in [4.78, 5) is 18.3. The molecule has 4 nitrogen and oxygen atoms in total. The fraction of sp³-hybridized carbons (Fsp3) is 0.200. The number of aromatic amines is 2. The van der Waals surface area contributed by atoms with Crippen molar-refractivity contribution in [1.82, 2.24) is 19.9 Å². The van der Waals surface area contributed by atoms with Gasteiger partial charge >= 0.3 is 0 Å². The van der Waals surface area contributed by atoms with Crippen LogP contribution in [0.1, 0.15) is 66.5 Å². The minimum atomic E-state index is 0.937. The molecule has 2 aliphatic heterocycles. The van der Waals surface area contributed by atoms with E-state index in [0.717, 1.165) is 104 Å². The zero-order valence-corrected chi connectivity index (χ0v) is 27.8. The van der Waals surface area contributed by atoms with E-state index in [0.29, 0.717) is 0 Å². The molecule has 5 heterocycles. The first-order valence-electron chi connectivity index (χ1n) is 16.0. The van der Waals surface area contributed by atoms with Crippen molar-refractivity contribution >= 4 is 69.0 Å². The van der Waals surface area contributed by atoms with Crippen LogP contribution in [0.4, 0.5) is 0 Å². The predicted octanol–water partition coefficient (Wildman–Crippen LogP) is 11.1. The van der Waals surface area contributed by atoms with Crippen molar-refractivity contribution in [3.05, 3.63) is 119 Å². The number of aryl methyl sites for hydroxylation is 1. The fourth-order valence-electron chi connectivity index (χ4n) is 6.42. The molecule has 0 radical (unpaired) electrons. The van der Waals surface area contributed by atoms with Gasteiger partial charge in [0.05, 0.1) is 22.8 Å². The SMILES string of the molecule is CCCCc1c2ccc([nH]2)c(-c2ccccc2)c2nc(c(CCCCI)c3nc(c(-c4ccccc4)c4ccc1[nH]4)C=C3)C=C2. The molecule has 5 heteroatoms. The second-order valence-corrected chi connectivity index (χ2v) is 12.8. The lowest BCUT2D eigenvalue weighted by molar-refractivity contribution is 0.800. The van der Waals surface area contributed by atoms with Crippen LogP contribution in [0.5, 0.6) is 0 Å². The van der Waals surface area contributed by atoms with Crippen molar-refractivity contribution in [3.63, 3.8) is 0 Å². The minimum absolute atomic E-state index is 0.937. The molecule has 0 spiro atoms. The van der Waals surface area contributed by atoms with Gasteiger partial charge in [0.2, 0.25) is 0 Å². The molecule has 0 aliphatic carbocycles. The van der Waals surface area contributed by atoms with Gasteiger partial charge in [0.15, 0.2) is 0 Å². The Bertz CT molecular complexity index is 1910. The summed E-state index contributed by atoms with van der Waals surface area (Å²) >= 11 is 2.47. The second-order valence-electron chi connectivity index (χ2n) is 11.7. The van der Waals surface area contributed by atoms with E-state index < -0.39 is 0 Å². The number of fused-ring (bicyclic) bond motifs is 8. The third-order valence-corrected chi connectivity index (χ3v) is 9.45. The zero-order chi connectivity index (χ0) is 30.6. The highest BCUT2D eigenvalue weighted by Gasteiger charge is 2.18. The summed E-state index contributed by atoms with van der Waals surface area (Å²) in [5.74, 6) is 0. The quantitative estimate of drug-likeness (QED) is 0.0895. The van der Waals surface area contributed by atoms with Crippen molar-refractivity contribution in [3.8, 4) is 22.3 Å².